The van der Waals surface area contributed by atoms with E-state index in [-0.39, 0.29) is 23.1 Å². The van der Waals surface area contributed by atoms with Gasteiger partial charge in [-0.25, -0.2) is 9.18 Å². The molecule has 2 heterocycles. The summed E-state index contributed by atoms with van der Waals surface area (Å²) in [5.74, 6) is -0.484. The number of hydrogen-bond acceptors (Lipinski definition) is 7. The number of hydrogen-bond donors (Lipinski definition) is 2. The van der Waals surface area contributed by atoms with Gasteiger partial charge in [0.15, 0.2) is 0 Å². The quantitative estimate of drug-likeness (QED) is 0.534. The van der Waals surface area contributed by atoms with Crippen LogP contribution in [0.25, 0.3) is 0 Å². The Hall–Kier alpha value is -3.24. The van der Waals surface area contributed by atoms with Gasteiger partial charge in [-0.1, -0.05) is 26.1 Å². The number of amides is 1. The molecule has 2 aromatic rings. The fourth-order valence-corrected chi connectivity index (χ4v) is 4.39. The van der Waals surface area contributed by atoms with Gasteiger partial charge in [0.05, 0.1) is 48.4 Å². The van der Waals surface area contributed by atoms with Crippen molar-refractivity contribution in [2.24, 2.45) is 0 Å². The third-order valence-electron chi connectivity index (χ3n) is 6.22. The van der Waals surface area contributed by atoms with Crippen molar-refractivity contribution < 1.29 is 18.7 Å². The third-order valence-corrected chi connectivity index (χ3v) is 6.36. The standard InChI is InChI=1S/C26H31FN4O4S/c1-16(2)20-13-25(32)24(30-8-10-34-11-9-30)7-6-22(20)29-23-5-4-18(12-21(23)27)31-15-19(35-26(31)33)14-28-17(3)36/h4-7,12-13,16,19,29H,8-11,14-15H2,1-3H3,(H,28,36)/t19-/m0/s1. The van der Waals surface area contributed by atoms with Crippen molar-refractivity contribution in [3.8, 4) is 0 Å². The van der Waals surface area contributed by atoms with Crippen LogP contribution in [-0.4, -0.2) is 56.6 Å². The summed E-state index contributed by atoms with van der Waals surface area (Å²) in [7, 11) is 0. The van der Waals surface area contributed by atoms with E-state index in [1.54, 1.807) is 31.2 Å². The number of halogens is 1. The van der Waals surface area contributed by atoms with Gasteiger partial charge in [-0.05, 0) is 54.8 Å². The second-order valence-electron chi connectivity index (χ2n) is 9.19. The van der Waals surface area contributed by atoms with Gasteiger partial charge in [0.1, 0.15) is 11.9 Å². The van der Waals surface area contributed by atoms with Crippen LogP contribution in [0.5, 0.6) is 0 Å². The Morgan fingerprint density at radius 1 is 1.14 bits per heavy atom. The number of anilines is 4. The van der Waals surface area contributed by atoms with Gasteiger partial charge in [0, 0.05) is 18.8 Å². The maximum absolute atomic E-state index is 15.2. The number of ether oxygens (including phenoxy) is 2. The molecule has 36 heavy (non-hydrogen) atoms. The lowest BCUT2D eigenvalue weighted by Crippen LogP contribution is -2.38. The first-order chi connectivity index (χ1) is 17.2. The van der Waals surface area contributed by atoms with E-state index in [0.717, 1.165) is 5.56 Å². The van der Waals surface area contributed by atoms with Crippen molar-refractivity contribution in [1.82, 2.24) is 5.32 Å². The zero-order valence-corrected chi connectivity index (χ0v) is 21.5. The number of morpholine rings is 1. The predicted molar refractivity (Wildman–Crippen MR) is 143 cm³/mol. The number of carbonyl (C=O) groups is 1. The Balaban J connectivity index is 1.57. The lowest BCUT2D eigenvalue weighted by atomic mass is 10.0. The van der Waals surface area contributed by atoms with Crippen LogP contribution in [0.4, 0.5) is 31.9 Å². The highest BCUT2D eigenvalue weighted by molar-refractivity contribution is 7.80. The van der Waals surface area contributed by atoms with Gasteiger partial charge in [-0.3, -0.25) is 9.69 Å². The highest BCUT2D eigenvalue weighted by Gasteiger charge is 2.32. The van der Waals surface area contributed by atoms with E-state index in [0.29, 0.717) is 61.4 Å². The molecule has 0 bridgehead atoms. The average Bonchev–Trinajstić information content (AvgIpc) is 3.13. The lowest BCUT2D eigenvalue weighted by molar-refractivity contribution is 0.122. The molecular weight excluding hydrogens is 483 g/mol. The molecular formula is C26H31FN4O4S. The summed E-state index contributed by atoms with van der Waals surface area (Å²) in [6, 6.07) is 9.79. The van der Waals surface area contributed by atoms with Crippen LogP contribution in [0.15, 0.2) is 41.2 Å². The first-order valence-electron chi connectivity index (χ1n) is 12.0. The Labute approximate surface area is 215 Å². The normalized spacial score (nSPS) is 17.8. The zero-order valence-electron chi connectivity index (χ0n) is 20.7. The maximum Gasteiger partial charge on any atom is 0.414 e. The molecule has 2 fully saturated rings. The van der Waals surface area contributed by atoms with Gasteiger partial charge in [0.25, 0.3) is 0 Å². The van der Waals surface area contributed by atoms with Crippen molar-refractivity contribution >= 4 is 46.0 Å². The highest BCUT2D eigenvalue weighted by atomic mass is 32.1. The predicted octanol–water partition coefficient (Wildman–Crippen LogP) is 4.15. The maximum atomic E-state index is 15.2. The van der Waals surface area contributed by atoms with E-state index in [9.17, 15) is 9.59 Å². The van der Waals surface area contributed by atoms with E-state index in [1.165, 1.54) is 11.0 Å². The Morgan fingerprint density at radius 2 is 1.86 bits per heavy atom. The van der Waals surface area contributed by atoms with Gasteiger partial charge >= 0.3 is 6.09 Å². The first-order valence-corrected chi connectivity index (χ1v) is 12.4. The van der Waals surface area contributed by atoms with Crippen molar-refractivity contribution in [2.75, 3.05) is 54.5 Å². The van der Waals surface area contributed by atoms with Crippen molar-refractivity contribution in [2.45, 2.75) is 32.8 Å². The van der Waals surface area contributed by atoms with Crippen LogP contribution in [-0.2, 0) is 9.47 Å². The van der Waals surface area contributed by atoms with E-state index < -0.39 is 11.9 Å². The fraction of sp³-hybridized carbons (Fsp3) is 0.423. The number of rotatable bonds is 7. The van der Waals surface area contributed by atoms with Crippen molar-refractivity contribution in [3.63, 3.8) is 0 Å². The molecule has 2 N–H and O–H groups in total. The van der Waals surface area contributed by atoms with Crippen LogP contribution in [0.1, 0.15) is 32.3 Å². The minimum atomic E-state index is -0.528. The molecule has 4 rings (SSSR count). The Morgan fingerprint density at radius 3 is 2.53 bits per heavy atom. The van der Waals surface area contributed by atoms with Gasteiger partial charge in [0.2, 0.25) is 5.43 Å². The number of nitrogens with one attached hydrogen (secondary N) is 2. The van der Waals surface area contributed by atoms with Crippen LogP contribution >= 0.6 is 12.2 Å². The number of benzene rings is 1. The molecule has 1 atom stereocenters. The van der Waals surface area contributed by atoms with Gasteiger partial charge in [-0.15, -0.1) is 0 Å². The van der Waals surface area contributed by atoms with E-state index in [4.69, 9.17) is 21.7 Å². The molecule has 2 saturated heterocycles. The largest absolute Gasteiger partial charge is 0.442 e. The number of thiocarbonyl (C=S) groups is 1. The Kier molecular flexibility index (Phi) is 8.05. The van der Waals surface area contributed by atoms with Crippen molar-refractivity contribution in [3.05, 3.63) is 58.0 Å². The molecule has 192 valence electrons. The SMILES string of the molecule is CC(=S)NC[C@H]1CN(c2ccc(Nc3ccc(N4CCOCC4)c(=O)cc3C(C)C)c(F)c2)C(=O)O1. The van der Waals surface area contributed by atoms with Crippen LogP contribution in [0.3, 0.4) is 0 Å². The second kappa shape index (κ2) is 11.2. The highest BCUT2D eigenvalue weighted by Crippen LogP contribution is 2.31. The van der Waals surface area contributed by atoms with Crippen LogP contribution in [0.2, 0.25) is 0 Å². The lowest BCUT2D eigenvalue weighted by Gasteiger charge is -2.27. The summed E-state index contributed by atoms with van der Waals surface area (Å²) in [5.41, 5.74) is 2.61. The molecule has 2 aliphatic rings. The smallest absolute Gasteiger partial charge is 0.414 e. The molecule has 0 saturated carbocycles. The Bertz CT molecular complexity index is 1200. The van der Waals surface area contributed by atoms with Crippen molar-refractivity contribution in [1.29, 1.82) is 0 Å². The van der Waals surface area contributed by atoms with Gasteiger partial charge in [-0.2, -0.15) is 0 Å². The summed E-state index contributed by atoms with van der Waals surface area (Å²) in [6.45, 7) is 8.87. The summed E-state index contributed by atoms with van der Waals surface area (Å²) in [6.07, 6.45) is -0.907. The zero-order chi connectivity index (χ0) is 25.8. The average molecular weight is 515 g/mol. The monoisotopic (exact) mass is 514 g/mol. The summed E-state index contributed by atoms with van der Waals surface area (Å²) in [4.78, 5) is 29.4. The molecule has 0 unspecified atom stereocenters. The van der Waals surface area contributed by atoms with E-state index >= 15 is 4.39 Å². The second-order valence-corrected chi connectivity index (χ2v) is 9.81. The topological polar surface area (TPSA) is 83.1 Å². The van der Waals surface area contributed by atoms with Crippen LogP contribution in [0, 0.1) is 5.82 Å². The molecule has 10 heteroatoms. The first kappa shape index (κ1) is 25.8. The number of carbonyl (C=O) groups excluding carboxylic acids is 1. The number of nitrogens with zero attached hydrogens (tertiary/aromatic N) is 2. The minimum Gasteiger partial charge on any atom is -0.442 e. The fourth-order valence-electron chi connectivity index (χ4n) is 4.31. The molecule has 0 aliphatic carbocycles. The summed E-state index contributed by atoms with van der Waals surface area (Å²) in [5, 5.41) is 6.14. The molecule has 0 radical (unpaired) electrons. The molecule has 0 aromatic heterocycles. The molecule has 2 aromatic carbocycles. The van der Waals surface area contributed by atoms with E-state index in [2.05, 4.69) is 10.6 Å². The molecule has 8 nitrogen and oxygen atoms in total. The van der Waals surface area contributed by atoms with E-state index in [1.807, 2.05) is 24.8 Å². The molecule has 2 aliphatic heterocycles. The third kappa shape index (κ3) is 5.93. The minimum absolute atomic E-state index is 0.0355. The van der Waals surface area contributed by atoms with Crippen LogP contribution < -0.4 is 25.9 Å². The number of cyclic esters (lactones) is 1. The summed E-state index contributed by atoms with van der Waals surface area (Å²) >= 11 is 5.00. The molecule has 1 amide bonds. The van der Waals surface area contributed by atoms with Gasteiger partial charge < -0.3 is 25.0 Å². The molecule has 0 spiro atoms. The summed E-state index contributed by atoms with van der Waals surface area (Å²) < 4.78 is 25.9.